The van der Waals surface area contributed by atoms with E-state index in [1.165, 1.54) is 41.8 Å². The van der Waals surface area contributed by atoms with Crippen molar-refractivity contribution in [3.8, 4) is 5.75 Å². The molecule has 6 rings (SSSR count). The molecule has 0 amide bonds. The average Bonchev–Trinajstić information content (AvgIpc) is 3.43. The van der Waals surface area contributed by atoms with E-state index < -0.39 is 0 Å². The minimum absolute atomic E-state index is 0.0285. The van der Waals surface area contributed by atoms with Crippen molar-refractivity contribution in [1.29, 1.82) is 0 Å². The van der Waals surface area contributed by atoms with Crippen molar-refractivity contribution in [3.63, 3.8) is 0 Å². The summed E-state index contributed by atoms with van der Waals surface area (Å²) < 4.78 is 5.89. The maximum absolute atomic E-state index is 12.8. The lowest BCUT2D eigenvalue weighted by molar-refractivity contribution is 0.101. The predicted molar refractivity (Wildman–Crippen MR) is 124 cm³/mol. The number of hydrogen-bond donors (Lipinski definition) is 0. The first-order chi connectivity index (χ1) is 15.1. The van der Waals surface area contributed by atoms with Crippen LogP contribution < -0.4 is 9.64 Å². The van der Waals surface area contributed by atoms with Gasteiger partial charge < -0.3 is 9.64 Å². The molecule has 1 saturated carbocycles. The Morgan fingerprint density at radius 2 is 1.74 bits per heavy atom. The third kappa shape index (κ3) is 2.91. The maximum atomic E-state index is 12.8. The molecule has 0 saturated heterocycles. The summed E-state index contributed by atoms with van der Waals surface area (Å²) >= 11 is 0. The molecule has 2 atom stereocenters. The number of allylic oxidation sites excluding steroid dienone is 1. The van der Waals surface area contributed by atoms with E-state index in [9.17, 15) is 4.79 Å². The topological polar surface area (TPSA) is 29.5 Å². The molecule has 3 aromatic rings. The Morgan fingerprint density at radius 1 is 0.935 bits per heavy atom. The van der Waals surface area contributed by atoms with Crippen molar-refractivity contribution in [1.82, 2.24) is 0 Å². The van der Waals surface area contributed by atoms with Gasteiger partial charge in [-0.1, -0.05) is 41.8 Å². The molecule has 0 aromatic heterocycles. The zero-order valence-corrected chi connectivity index (χ0v) is 17.9. The number of hydrogen-bond acceptors (Lipinski definition) is 3. The van der Waals surface area contributed by atoms with Crippen LogP contribution >= 0.6 is 0 Å². The number of Topliss-reactive ketones (excluding diaryl/α,β-unsaturated/α-hetero) is 1. The molecule has 0 spiro atoms. The number of ketones is 1. The van der Waals surface area contributed by atoms with E-state index in [1.807, 2.05) is 31.2 Å². The summed E-state index contributed by atoms with van der Waals surface area (Å²) in [6.07, 6.45) is 5.61. The molecule has 154 valence electrons. The molecule has 3 aliphatic rings. The minimum Gasteiger partial charge on any atom is -0.452 e. The van der Waals surface area contributed by atoms with Crippen LogP contribution in [0.15, 0.2) is 66.4 Å². The van der Waals surface area contributed by atoms with E-state index in [0.717, 1.165) is 11.1 Å². The second-order valence-electron chi connectivity index (χ2n) is 9.07. The summed E-state index contributed by atoms with van der Waals surface area (Å²) in [6, 6.07) is 21.7. The van der Waals surface area contributed by atoms with Gasteiger partial charge in [0.15, 0.2) is 5.76 Å². The molecule has 1 fully saturated rings. The molecule has 2 heterocycles. The van der Waals surface area contributed by atoms with Gasteiger partial charge in [-0.15, -0.1) is 0 Å². The van der Waals surface area contributed by atoms with Crippen molar-refractivity contribution in [2.75, 3.05) is 4.90 Å². The van der Waals surface area contributed by atoms with Gasteiger partial charge in [0, 0.05) is 23.3 Å². The zero-order chi connectivity index (χ0) is 21.1. The van der Waals surface area contributed by atoms with Crippen molar-refractivity contribution in [2.24, 2.45) is 0 Å². The average molecular weight is 408 g/mol. The van der Waals surface area contributed by atoms with Crippen LogP contribution in [0.1, 0.15) is 57.8 Å². The van der Waals surface area contributed by atoms with Crippen LogP contribution in [0.2, 0.25) is 0 Å². The summed E-state index contributed by atoms with van der Waals surface area (Å²) in [5, 5.41) is 0. The number of carbonyl (C=O) groups is 1. The van der Waals surface area contributed by atoms with Crippen LogP contribution in [0.4, 0.5) is 11.4 Å². The number of nitrogens with zero attached hydrogens (tertiary/aromatic N) is 1. The smallest absolute Gasteiger partial charge is 0.231 e. The molecular formula is C28H25NO2. The highest BCUT2D eigenvalue weighted by Crippen LogP contribution is 2.52. The second-order valence-corrected chi connectivity index (χ2v) is 9.07. The Hall–Kier alpha value is -3.33. The first-order valence-corrected chi connectivity index (χ1v) is 11.1. The van der Waals surface area contributed by atoms with E-state index >= 15 is 0 Å². The van der Waals surface area contributed by atoms with Crippen LogP contribution in [0, 0.1) is 13.8 Å². The molecule has 2 unspecified atom stereocenters. The van der Waals surface area contributed by atoms with Crippen LogP contribution in [0.25, 0.3) is 6.08 Å². The van der Waals surface area contributed by atoms with Gasteiger partial charge in [-0.25, -0.2) is 0 Å². The second kappa shape index (κ2) is 6.84. The number of carbonyl (C=O) groups excluding carboxylic acids is 1. The molecular weight excluding hydrogens is 382 g/mol. The summed E-state index contributed by atoms with van der Waals surface area (Å²) in [7, 11) is 0. The minimum atomic E-state index is -0.0285. The van der Waals surface area contributed by atoms with Crippen LogP contribution in [0.3, 0.4) is 0 Å². The number of ether oxygens (including phenoxy) is 1. The van der Waals surface area contributed by atoms with Gasteiger partial charge in [0.05, 0.1) is 5.56 Å². The SMILES string of the molecule is Cc1ccc(N2c3ccc(/C=C4\Oc5ccc(C)cc5C4=O)cc3C3CCCC32)cc1. The molecule has 1 aliphatic carbocycles. The largest absolute Gasteiger partial charge is 0.452 e. The standard InChI is InChI=1S/C28H25NO2/c1-17-6-10-20(11-7-17)29-24-5-3-4-21(24)22-15-19(9-12-25(22)29)16-27-28(30)23-14-18(2)8-13-26(23)31-27/h6-16,21,24H,3-5H2,1-2H3/b27-16-. The Balaban J connectivity index is 1.38. The van der Waals surface area contributed by atoms with Gasteiger partial charge >= 0.3 is 0 Å². The fourth-order valence-corrected chi connectivity index (χ4v) is 5.46. The van der Waals surface area contributed by atoms with Gasteiger partial charge in [-0.3, -0.25) is 4.79 Å². The highest BCUT2D eigenvalue weighted by molar-refractivity contribution is 6.14. The summed E-state index contributed by atoms with van der Waals surface area (Å²) in [5.41, 5.74) is 8.02. The van der Waals surface area contributed by atoms with Crippen LogP contribution in [-0.4, -0.2) is 11.8 Å². The van der Waals surface area contributed by atoms with Crippen molar-refractivity contribution >= 4 is 23.2 Å². The first-order valence-electron chi connectivity index (χ1n) is 11.1. The predicted octanol–water partition coefficient (Wildman–Crippen LogP) is 6.71. The molecule has 3 aromatic carbocycles. The van der Waals surface area contributed by atoms with E-state index in [-0.39, 0.29) is 5.78 Å². The van der Waals surface area contributed by atoms with Crippen LogP contribution in [-0.2, 0) is 0 Å². The van der Waals surface area contributed by atoms with E-state index in [2.05, 4.69) is 54.3 Å². The van der Waals surface area contributed by atoms with Crippen molar-refractivity contribution in [3.05, 3.63) is 94.2 Å². The molecule has 0 N–H and O–H groups in total. The van der Waals surface area contributed by atoms with Gasteiger partial charge in [0.2, 0.25) is 5.78 Å². The van der Waals surface area contributed by atoms with Crippen LogP contribution in [0.5, 0.6) is 5.75 Å². The third-order valence-electron chi connectivity index (χ3n) is 6.96. The Bertz CT molecular complexity index is 1240. The molecule has 2 aliphatic heterocycles. The summed E-state index contributed by atoms with van der Waals surface area (Å²) in [5.74, 6) is 1.59. The Kier molecular flexibility index (Phi) is 4.07. The number of benzene rings is 3. The number of fused-ring (bicyclic) bond motifs is 4. The number of anilines is 2. The summed E-state index contributed by atoms with van der Waals surface area (Å²) in [6.45, 7) is 4.12. The van der Waals surface area contributed by atoms with Gasteiger partial charge in [-0.05, 0) is 80.3 Å². The van der Waals surface area contributed by atoms with E-state index in [1.54, 1.807) is 0 Å². The molecule has 3 nitrogen and oxygen atoms in total. The highest BCUT2D eigenvalue weighted by atomic mass is 16.5. The highest BCUT2D eigenvalue weighted by Gasteiger charge is 2.42. The van der Waals surface area contributed by atoms with E-state index in [0.29, 0.717) is 29.0 Å². The van der Waals surface area contributed by atoms with Gasteiger partial charge in [-0.2, -0.15) is 0 Å². The van der Waals surface area contributed by atoms with Gasteiger partial charge in [0.25, 0.3) is 0 Å². The maximum Gasteiger partial charge on any atom is 0.231 e. The first kappa shape index (κ1) is 18.4. The van der Waals surface area contributed by atoms with Crippen molar-refractivity contribution in [2.45, 2.75) is 45.1 Å². The number of rotatable bonds is 2. The lowest BCUT2D eigenvalue weighted by Crippen LogP contribution is -2.26. The molecule has 0 radical (unpaired) electrons. The van der Waals surface area contributed by atoms with Crippen molar-refractivity contribution < 1.29 is 9.53 Å². The fourth-order valence-electron chi connectivity index (χ4n) is 5.46. The number of aryl methyl sites for hydroxylation is 2. The molecule has 0 bridgehead atoms. The molecule has 3 heteroatoms. The Labute approximate surface area is 183 Å². The Morgan fingerprint density at radius 3 is 2.58 bits per heavy atom. The summed E-state index contributed by atoms with van der Waals surface area (Å²) in [4.78, 5) is 15.4. The lowest BCUT2D eigenvalue weighted by Gasteiger charge is -2.27. The fraction of sp³-hybridized carbons (Fsp3) is 0.250. The normalized spacial score (nSPS) is 22.5. The molecule has 31 heavy (non-hydrogen) atoms. The quantitative estimate of drug-likeness (QED) is 0.442. The van der Waals surface area contributed by atoms with E-state index in [4.69, 9.17) is 4.74 Å². The third-order valence-corrected chi connectivity index (χ3v) is 6.96. The lowest BCUT2D eigenvalue weighted by atomic mass is 9.95. The van der Waals surface area contributed by atoms with Gasteiger partial charge in [0.1, 0.15) is 5.75 Å². The monoisotopic (exact) mass is 407 g/mol. The zero-order valence-electron chi connectivity index (χ0n) is 17.9.